The van der Waals surface area contributed by atoms with Crippen LogP contribution in [0, 0.1) is 28.4 Å². The number of benzene rings is 1. The molecule has 48 heavy (non-hydrogen) atoms. The molecule has 1 saturated carbocycles. The van der Waals surface area contributed by atoms with Gasteiger partial charge in [-0.05, 0) is 43.2 Å². The number of nitriles is 1. The maximum Gasteiger partial charge on any atom is 0.319 e. The number of rotatable bonds is 9. The molecule has 7 heterocycles. The molecule has 3 atom stereocenters. The largest absolute Gasteiger partial charge is 0.463 e. The molecule has 4 aromatic rings. The highest BCUT2D eigenvalue weighted by atomic mass is 32.1. The Hall–Kier alpha value is -3.74. The van der Waals surface area contributed by atoms with Crippen LogP contribution in [0.4, 0.5) is 19.6 Å². The normalized spacial score (nSPS) is 24.2. The van der Waals surface area contributed by atoms with Crippen molar-refractivity contribution in [3.63, 3.8) is 0 Å². The molecule has 250 valence electrons. The number of anilines is 2. The quantitative estimate of drug-likeness (QED) is 0.260. The van der Waals surface area contributed by atoms with E-state index in [1.165, 1.54) is 0 Å². The highest BCUT2D eigenvalue weighted by Gasteiger charge is 2.48. The van der Waals surface area contributed by atoms with Gasteiger partial charge in [-0.2, -0.15) is 15.2 Å². The Bertz CT molecular complexity index is 2000. The summed E-state index contributed by atoms with van der Waals surface area (Å²) in [5.41, 5.74) is 8.02. The molecule has 5 aliphatic rings. The lowest BCUT2D eigenvalue weighted by Gasteiger charge is -2.42. The number of halogens is 2. The van der Waals surface area contributed by atoms with E-state index in [4.69, 9.17) is 29.9 Å². The Morgan fingerprint density at radius 3 is 2.65 bits per heavy atom. The first-order valence-corrected chi connectivity index (χ1v) is 17.5. The Balaban J connectivity index is 1.19. The molecule has 0 amide bonds. The molecule has 4 fully saturated rings. The first kappa shape index (κ1) is 30.3. The van der Waals surface area contributed by atoms with Gasteiger partial charge in [-0.3, -0.25) is 9.88 Å². The van der Waals surface area contributed by atoms with E-state index in [1.54, 1.807) is 7.11 Å². The second-order valence-electron chi connectivity index (χ2n) is 13.9. The van der Waals surface area contributed by atoms with Gasteiger partial charge in [0, 0.05) is 67.8 Å². The van der Waals surface area contributed by atoms with Crippen molar-refractivity contribution in [2.75, 3.05) is 57.1 Å². The molecule has 2 bridgehead atoms. The molecule has 3 aromatic heterocycles. The van der Waals surface area contributed by atoms with Crippen LogP contribution in [0.5, 0.6) is 6.01 Å². The number of nitrogens with two attached hydrogens (primary N) is 1. The van der Waals surface area contributed by atoms with Crippen LogP contribution in [0.1, 0.15) is 48.8 Å². The lowest BCUT2D eigenvalue weighted by molar-refractivity contribution is 0.00302. The minimum absolute atomic E-state index is 0.00462. The number of likely N-dealkylation sites (tertiary alicyclic amines) is 1. The van der Waals surface area contributed by atoms with Gasteiger partial charge in [0.05, 0.1) is 54.0 Å². The second-order valence-corrected chi connectivity index (χ2v) is 15.0. The maximum absolute atomic E-state index is 17.4. The van der Waals surface area contributed by atoms with Crippen molar-refractivity contribution in [3.8, 4) is 23.3 Å². The van der Waals surface area contributed by atoms with E-state index >= 15 is 4.39 Å². The standard InChI is InChI=1S/C34H36F2N8O3S/c1-45-12-19-4-7-43(19)15-34(5-6-34)16-47-33-41-29-26(32(42-33)44-17-2-3-18(44)10-39-9-17)22-14-46-13-21(22)24(27(29)36)28-25-20(8-37)31(38)48-30(25)23(35)11-40-28/h11,17-19,39H,2-7,9-10,12-16,38H2,1H3/t17?,18?,19-/m0/s1. The van der Waals surface area contributed by atoms with Gasteiger partial charge in [-0.25, -0.2) is 8.78 Å². The lowest BCUT2D eigenvalue weighted by Crippen LogP contribution is -2.53. The van der Waals surface area contributed by atoms with E-state index in [-0.39, 0.29) is 74.1 Å². The van der Waals surface area contributed by atoms with E-state index in [2.05, 4.69) is 26.2 Å². The zero-order valence-electron chi connectivity index (χ0n) is 26.7. The van der Waals surface area contributed by atoms with E-state index in [1.807, 2.05) is 0 Å². The Labute approximate surface area is 280 Å². The van der Waals surface area contributed by atoms with E-state index in [0.717, 1.165) is 88.0 Å². The zero-order valence-corrected chi connectivity index (χ0v) is 27.5. The van der Waals surface area contributed by atoms with Crippen molar-refractivity contribution >= 4 is 43.1 Å². The minimum Gasteiger partial charge on any atom is -0.463 e. The van der Waals surface area contributed by atoms with Gasteiger partial charge in [0.25, 0.3) is 0 Å². The van der Waals surface area contributed by atoms with Crippen molar-refractivity contribution in [2.45, 2.75) is 63.4 Å². The molecule has 14 heteroatoms. The zero-order chi connectivity index (χ0) is 32.7. The van der Waals surface area contributed by atoms with Gasteiger partial charge >= 0.3 is 6.01 Å². The van der Waals surface area contributed by atoms with Crippen LogP contribution in [0.15, 0.2) is 6.20 Å². The second kappa shape index (κ2) is 11.4. The number of piperazine rings is 1. The topological polar surface area (TPSA) is 135 Å². The summed E-state index contributed by atoms with van der Waals surface area (Å²) in [6.07, 6.45) is 6.30. The molecule has 11 nitrogen and oxygen atoms in total. The molecule has 9 rings (SSSR count). The highest BCUT2D eigenvalue weighted by Crippen LogP contribution is 2.50. The fraction of sp³-hybridized carbons (Fsp3) is 0.529. The Morgan fingerprint density at radius 1 is 1.15 bits per heavy atom. The molecule has 2 unspecified atom stereocenters. The highest BCUT2D eigenvalue weighted by molar-refractivity contribution is 7.23. The van der Waals surface area contributed by atoms with Crippen molar-refractivity contribution in [1.82, 2.24) is 25.2 Å². The number of pyridine rings is 1. The number of ether oxygens (including phenoxy) is 3. The Kier molecular flexibility index (Phi) is 7.21. The number of aromatic nitrogens is 3. The van der Waals surface area contributed by atoms with E-state index in [0.29, 0.717) is 29.4 Å². The third-order valence-corrected chi connectivity index (χ3v) is 12.1. The summed E-state index contributed by atoms with van der Waals surface area (Å²) in [6.45, 7) is 5.12. The fourth-order valence-electron chi connectivity index (χ4n) is 8.26. The van der Waals surface area contributed by atoms with Gasteiger partial charge in [0.15, 0.2) is 11.6 Å². The summed E-state index contributed by atoms with van der Waals surface area (Å²) >= 11 is 0.958. The summed E-state index contributed by atoms with van der Waals surface area (Å²) in [6, 6.07) is 3.07. The smallest absolute Gasteiger partial charge is 0.319 e. The third kappa shape index (κ3) is 4.66. The maximum atomic E-state index is 17.4. The van der Waals surface area contributed by atoms with Crippen LogP contribution in [0.2, 0.25) is 0 Å². The number of nitrogens with one attached hydrogen (secondary N) is 1. The van der Waals surface area contributed by atoms with Crippen molar-refractivity contribution < 1.29 is 23.0 Å². The number of methoxy groups -OCH3 is 1. The van der Waals surface area contributed by atoms with E-state index < -0.39 is 11.6 Å². The fourth-order valence-corrected chi connectivity index (χ4v) is 9.18. The van der Waals surface area contributed by atoms with Crippen LogP contribution in [-0.2, 0) is 22.7 Å². The first-order chi connectivity index (χ1) is 23.4. The molecule has 1 aliphatic carbocycles. The Morgan fingerprint density at radius 2 is 1.94 bits per heavy atom. The van der Waals surface area contributed by atoms with Crippen molar-refractivity contribution in [1.29, 1.82) is 5.26 Å². The molecule has 1 aromatic carbocycles. The number of hydrogen-bond donors (Lipinski definition) is 2. The van der Waals surface area contributed by atoms with Gasteiger partial charge in [-0.15, -0.1) is 11.3 Å². The average molecular weight is 675 g/mol. The summed E-state index contributed by atoms with van der Waals surface area (Å²) in [4.78, 5) is 19.0. The molecule has 0 radical (unpaired) electrons. The van der Waals surface area contributed by atoms with Gasteiger partial charge in [0.2, 0.25) is 0 Å². The number of nitrogen functional groups attached to an aromatic ring is 1. The van der Waals surface area contributed by atoms with Crippen LogP contribution in [-0.4, -0.2) is 84.5 Å². The third-order valence-electron chi connectivity index (χ3n) is 11.1. The van der Waals surface area contributed by atoms with Crippen LogP contribution < -0.4 is 20.7 Å². The van der Waals surface area contributed by atoms with Crippen LogP contribution in [0.3, 0.4) is 0 Å². The molecule has 3 saturated heterocycles. The van der Waals surface area contributed by atoms with E-state index in [9.17, 15) is 9.65 Å². The number of fused-ring (bicyclic) bond motifs is 6. The average Bonchev–Trinajstić information content (AvgIpc) is 3.39. The summed E-state index contributed by atoms with van der Waals surface area (Å²) < 4.78 is 50.3. The van der Waals surface area contributed by atoms with Gasteiger partial charge < -0.3 is 30.2 Å². The predicted molar refractivity (Wildman–Crippen MR) is 177 cm³/mol. The van der Waals surface area contributed by atoms with Crippen LogP contribution in [0.25, 0.3) is 32.2 Å². The summed E-state index contributed by atoms with van der Waals surface area (Å²) in [7, 11) is 1.74. The molecular weight excluding hydrogens is 638 g/mol. The number of hydrogen-bond acceptors (Lipinski definition) is 12. The van der Waals surface area contributed by atoms with Crippen molar-refractivity contribution in [2.24, 2.45) is 5.41 Å². The van der Waals surface area contributed by atoms with Gasteiger partial charge in [0.1, 0.15) is 22.4 Å². The molecule has 3 N–H and O–H groups in total. The van der Waals surface area contributed by atoms with Crippen LogP contribution >= 0.6 is 11.3 Å². The lowest BCUT2D eigenvalue weighted by atomic mass is 9.93. The summed E-state index contributed by atoms with van der Waals surface area (Å²) in [5.74, 6) is -0.571. The van der Waals surface area contributed by atoms with Crippen molar-refractivity contribution in [3.05, 3.63) is 34.5 Å². The molecule has 4 aliphatic heterocycles. The SMILES string of the molecule is COC[C@@H]1CCN1CC1(COc2nc(N3C4CCC3CNC4)c3c4c(c(-c5ncc(F)c6sc(N)c(C#N)c56)c(F)c3n2)COC4)CC1. The van der Waals surface area contributed by atoms with Gasteiger partial charge in [-0.1, -0.05) is 0 Å². The predicted octanol–water partition coefficient (Wildman–Crippen LogP) is 4.49. The molecule has 0 spiro atoms. The first-order valence-electron chi connectivity index (χ1n) is 16.6. The minimum atomic E-state index is -0.622. The molecular formula is C34H36F2N8O3S. The number of thiophene rings is 1. The number of nitrogens with zero attached hydrogens (tertiary/aromatic N) is 6. The summed E-state index contributed by atoms with van der Waals surface area (Å²) in [5, 5.41) is 14.5. The monoisotopic (exact) mass is 674 g/mol.